The molecule has 0 aliphatic carbocycles. The minimum absolute atomic E-state index is 0.178. The Bertz CT molecular complexity index is 779. The number of carbonyl (C=O) groups excluding carboxylic acids is 2. The fourth-order valence-corrected chi connectivity index (χ4v) is 4.32. The van der Waals surface area contributed by atoms with Gasteiger partial charge in [-0.05, 0) is 43.9 Å². The second-order valence-electron chi connectivity index (χ2n) is 6.56. The molecule has 1 amide bonds. The molecule has 2 N–H and O–H groups in total. The zero-order valence-corrected chi connectivity index (χ0v) is 15.2. The van der Waals surface area contributed by atoms with Crippen molar-refractivity contribution in [2.45, 2.75) is 37.6 Å². The number of ketones is 1. The lowest BCUT2D eigenvalue weighted by Crippen LogP contribution is -2.50. The van der Waals surface area contributed by atoms with Crippen LogP contribution in [0.2, 0.25) is 0 Å². The van der Waals surface area contributed by atoms with Crippen molar-refractivity contribution < 1.29 is 22.4 Å². The number of piperidine rings is 1. The Morgan fingerprint density at radius 2 is 2.04 bits per heavy atom. The molecular weight excluding hydrogens is 347 g/mol. The third kappa shape index (κ3) is 4.43. The summed E-state index contributed by atoms with van der Waals surface area (Å²) in [6.45, 7) is 4.01. The summed E-state index contributed by atoms with van der Waals surface area (Å²) in [7, 11) is -4.00. The summed E-state index contributed by atoms with van der Waals surface area (Å²) in [6.07, 6.45) is 1.54. The van der Waals surface area contributed by atoms with Gasteiger partial charge in [0.25, 0.3) is 0 Å². The van der Waals surface area contributed by atoms with Gasteiger partial charge in [-0.1, -0.05) is 6.92 Å². The number of hydrogen-bond donors (Lipinski definition) is 1. The molecule has 0 saturated carbocycles. The van der Waals surface area contributed by atoms with Crippen LogP contribution < -0.4 is 5.73 Å². The van der Waals surface area contributed by atoms with Gasteiger partial charge in [-0.15, -0.1) is 0 Å². The van der Waals surface area contributed by atoms with Gasteiger partial charge in [0, 0.05) is 19.1 Å². The van der Waals surface area contributed by atoms with Gasteiger partial charge in [-0.2, -0.15) is 0 Å². The van der Waals surface area contributed by atoms with Gasteiger partial charge in [0.15, 0.2) is 15.6 Å². The number of sulfone groups is 1. The number of nitrogens with two attached hydrogens (primary N) is 1. The fourth-order valence-electron chi connectivity index (χ4n) is 3.11. The molecule has 1 aromatic rings. The number of halogens is 1. The smallest absolute Gasteiger partial charge is 0.238 e. The van der Waals surface area contributed by atoms with E-state index in [1.54, 1.807) is 0 Å². The van der Waals surface area contributed by atoms with Crippen LogP contribution in [0.15, 0.2) is 23.1 Å². The molecule has 1 aromatic carbocycles. The summed E-state index contributed by atoms with van der Waals surface area (Å²) in [6, 6.07) is 2.89. The summed E-state index contributed by atoms with van der Waals surface area (Å²) in [5.41, 5.74) is 5.53. The largest absolute Gasteiger partial charge is 0.338 e. The van der Waals surface area contributed by atoms with E-state index in [1.807, 2.05) is 0 Å². The molecule has 1 heterocycles. The van der Waals surface area contributed by atoms with Crippen LogP contribution in [-0.4, -0.2) is 49.9 Å². The van der Waals surface area contributed by atoms with Crippen LogP contribution in [-0.2, 0) is 14.6 Å². The maximum absolute atomic E-state index is 13.9. The Morgan fingerprint density at radius 1 is 1.36 bits per heavy atom. The molecule has 25 heavy (non-hydrogen) atoms. The topological polar surface area (TPSA) is 97.5 Å². The van der Waals surface area contributed by atoms with E-state index in [1.165, 1.54) is 11.8 Å². The molecule has 6 nitrogen and oxygen atoms in total. The van der Waals surface area contributed by atoms with Crippen molar-refractivity contribution >= 4 is 21.5 Å². The highest BCUT2D eigenvalue weighted by Crippen LogP contribution is 2.23. The van der Waals surface area contributed by atoms with Gasteiger partial charge in [0.1, 0.15) is 11.6 Å². The summed E-state index contributed by atoms with van der Waals surface area (Å²) in [4.78, 5) is 24.9. The Morgan fingerprint density at radius 3 is 2.60 bits per heavy atom. The standard InChI is InChI=1S/C17H23FN2O4S/c1-11-5-6-20(13(7-11)9-19)17(22)10-25(23,24)14-3-4-15(12(2)21)16(18)8-14/h3-4,8,11,13H,5-7,9-10,19H2,1-2H3. The van der Waals surface area contributed by atoms with E-state index in [0.717, 1.165) is 31.0 Å². The van der Waals surface area contributed by atoms with Gasteiger partial charge in [0.05, 0.1) is 10.5 Å². The van der Waals surface area contributed by atoms with Gasteiger partial charge in [0.2, 0.25) is 5.91 Å². The van der Waals surface area contributed by atoms with E-state index in [-0.39, 0.29) is 23.0 Å². The number of nitrogens with zero attached hydrogens (tertiary/aromatic N) is 1. The number of carbonyl (C=O) groups is 2. The van der Waals surface area contributed by atoms with Crippen LogP contribution in [0.3, 0.4) is 0 Å². The maximum Gasteiger partial charge on any atom is 0.238 e. The summed E-state index contributed by atoms with van der Waals surface area (Å²) >= 11 is 0. The predicted octanol–water partition coefficient (Wildman–Crippen LogP) is 1.39. The van der Waals surface area contributed by atoms with Crippen molar-refractivity contribution in [2.75, 3.05) is 18.8 Å². The summed E-state index contributed by atoms with van der Waals surface area (Å²) in [5.74, 6) is -2.24. The van der Waals surface area contributed by atoms with Gasteiger partial charge in [-0.25, -0.2) is 12.8 Å². The number of amides is 1. The Hall–Kier alpha value is -1.80. The zero-order valence-electron chi connectivity index (χ0n) is 14.4. The number of hydrogen-bond acceptors (Lipinski definition) is 5. The molecule has 2 rings (SSSR count). The highest BCUT2D eigenvalue weighted by atomic mass is 32.2. The average molecular weight is 370 g/mol. The van der Waals surface area contributed by atoms with Crippen molar-refractivity contribution in [3.8, 4) is 0 Å². The third-order valence-corrected chi connectivity index (χ3v) is 6.16. The van der Waals surface area contributed by atoms with Gasteiger partial charge < -0.3 is 10.6 Å². The van der Waals surface area contributed by atoms with E-state index in [4.69, 9.17) is 5.73 Å². The van der Waals surface area contributed by atoms with E-state index in [2.05, 4.69) is 6.92 Å². The highest BCUT2D eigenvalue weighted by molar-refractivity contribution is 7.92. The van der Waals surface area contributed by atoms with Crippen LogP contribution in [0, 0.1) is 11.7 Å². The Balaban J connectivity index is 2.19. The Labute approximate surface area is 147 Å². The first kappa shape index (κ1) is 19.5. The molecule has 0 radical (unpaired) electrons. The molecule has 138 valence electrons. The molecular formula is C17H23FN2O4S. The van der Waals surface area contributed by atoms with Crippen LogP contribution in [0.5, 0.6) is 0 Å². The molecule has 0 bridgehead atoms. The zero-order chi connectivity index (χ0) is 18.8. The lowest BCUT2D eigenvalue weighted by molar-refractivity contribution is -0.132. The molecule has 1 aliphatic rings. The van der Waals surface area contributed by atoms with E-state index in [0.29, 0.717) is 12.5 Å². The normalized spacial score (nSPS) is 21.2. The minimum Gasteiger partial charge on any atom is -0.338 e. The third-order valence-electron chi connectivity index (χ3n) is 4.56. The first-order valence-corrected chi connectivity index (χ1v) is 9.83. The van der Waals surface area contributed by atoms with Crippen LogP contribution >= 0.6 is 0 Å². The SMILES string of the molecule is CC(=O)c1ccc(S(=O)(=O)CC(=O)N2CCC(C)CC2CN)cc1F. The molecule has 1 aliphatic heterocycles. The molecule has 1 saturated heterocycles. The molecule has 8 heteroatoms. The molecule has 1 fully saturated rings. The van der Waals surface area contributed by atoms with E-state index >= 15 is 0 Å². The Kier molecular flexibility index (Phi) is 5.95. The second-order valence-corrected chi connectivity index (χ2v) is 8.55. The van der Waals surface area contributed by atoms with Crippen molar-refractivity contribution in [3.63, 3.8) is 0 Å². The molecule has 0 spiro atoms. The first-order chi connectivity index (χ1) is 11.7. The fraction of sp³-hybridized carbons (Fsp3) is 0.529. The summed E-state index contributed by atoms with van der Waals surface area (Å²) in [5, 5.41) is 0. The molecule has 2 atom stereocenters. The maximum atomic E-state index is 13.9. The monoisotopic (exact) mass is 370 g/mol. The van der Waals surface area contributed by atoms with Gasteiger partial charge >= 0.3 is 0 Å². The van der Waals surface area contributed by atoms with Crippen molar-refractivity contribution in [3.05, 3.63) is 29.6 Å². The van der Waals surface area contributed by atoms with Crippen LogP contribution in [0.1, 0.15) is 37.0 Å². The average Bonchev–Trinajstić information content (AvgIpc) is 2.53. The van der Waals surface area contributed by atoms with Crippen molar-refractivity contribution in [1.82, 2.24) is 4.90 Å². The van der Waals surface area contributed by atoms with Crippen molar-refractivity contribution in [2.24, 2.45) is 11.7 Å². The minimum atomic E-state index is -4.00. The van der Waals surface area contributed by atoms with Crippen molar-refractivity contribution in [1.29, 1.82) is 0 Å². The second kappa shape index (κ2) is 7.61. The number of likely N-dealkylation sites (tertiary alicyclic amines) is 1. The molecule has 2 unspecified atom stereocenters. The van der Waals surface area contributed by atoms with Gasteiger partial charge in [-0.3, -0.25) is 9.59 Å². The lowest BCUT2D eigenvalue weighted by Gasteiger charge is -2.38. The number of benzene rings is 1. The lowest BCUT2D eigenvalue weighted by atomic mass is 9.92. The number of rotatable bonds is 5. The first-order valence-electron chi connectivity index (χ1n) is 8.18. The van der Waals surface area contributed by atoms with E-state index < -0.39 is 33.1 Å². The quantitative estimate of drug-likeness (QED) is 0.790. The summed E-state index contributed by atoms with van der Waals surface area (Å²) < 4.78 is 38.8. The number of Topliss-reactive ketones (excluding diaryl/α,β-unsaturated/α-hetero) is 1. The van der Waals surface area contributed by atoms with E-state index in [9.17, 15) is 22.4 Å². The van der Waals surface area contributed by atoms with Crippen LogP contribution in [0.4, 0.5) is 4.39 Å². The highest BCUT2D eigenvalue weighted by Gasteiger charge is 2.32. The predicted molar refractivity (Wildman–Crippen MR) is 91.4 cm³/mol. The van der Waals surface area contributed by atoms with Crippen LogP contribution in [0.25, 0.3) is 0 Å². The molecule has 0 aromatic heterocycles.